The van der Waals surface area contributed by atoms with Crippen LogP contribution in [0.1, 0.15) is 89.5 Å². The largest absolute Gasteiger partial charge is 0.481 e. The lowest BCUT2D eigenvalue weighted by molar-refractivity contribution is -0.137. The average Bonchev–Trinajstić information content (AvgIpc) is 3.26. The summed E-state index contributed by atoms with van der Waals surface area (Å²) in [7, 11) is 0. The summed E-state index contributed by atoms with van der Waals surface area (Å²) in [5.74, 6) is -0.990. The number of aliphatic carboxylic acids is 1. The summed E-state index contributed by atoms with van der Waals surface area (Å²) >= 11 is 10.3. The quantitative estimate of drug-likeness (QED) is 0.132. The normalized spacial score (nSPS) is 17.4. The first-order chi connectivity index (χ1) is 17.3. The molecule has 0 bridgehead atoms. The van der Waals surface area contributed by atoms with E-state index in [-0.39, 0.29) is 18.2 Å². The van der Waals surface area contributed by atoms with E-state index < -0.39 is 5.97 Å². The standard InChI is InChI=1S/C27H35BrN2O4S2/c1-2-3-11-16-29-21-15-14-19(28)18-20(21)23(25(29)33)24-26(34)30(27(35)36-24)17-12-9-7-5-4-6-8-10-13-22(31)32/h14-15,18H,2-13,16-17H2,1H3,(H,31,32)/b24-23-. The molecule has 196 valence electrons. The Morgan fingerprint density at radius 3 is 2.19 bits per heavy atom. The fourth-order valence-electron chi connectivity index (χ4n) is 4.61. The van der Waals surface area contributed by atoms with E-state index in [1.54, 1.807) is 9.80 Å². The molecule has 2 amide bonds. The predicted octanol–water partition coefficient (Wildman–Crippen LogP) is 7.15. The van der Waals surface area contributed by atoms with Crippen LogP contribution in [0.2, 0.25) is 0 Å². The highest BCUT2D eigenvalue weighted by Crippen LogP contribution is 2.45. The number of halogens is 1. The molecule has 9 heteroatoms. The van der Waals surface area contributed by atoms with E-state index in [9.17, 15) is 14.4 Å². The van der Waals surface area contributed by atoms with Gasteiger partial charge in [0.2, 0.25) is 0 Å². The Morgan fingerprint density at radius 2 is 1.53 bits per heavy atom. The number of carbonyl (C=O) groups excluding carboxylic acids is 2. The lowest BCUT2D eigenvalue weighted by Crippen LogP contribution is -2.30. The molecule has 2 heterocycles. The van der Waals surface area contributed by atoms with E-state index >= 15 is 0 Å². The molecule has 6 nitrogen and oxygen atoms in total. The van der Waals surface area contributed by atoms with Gasteiger partial charge in [0.1, 0.15) is 4.32 Å². The zero-order valence-corrected chi connectivity index (χ0v) is 24.1. The Labute approximate surface area is 232 Å². The summed E-state index contributed by atoms with van der Waals surface area (Å²) in [6.07, 6.45) is 11.3. The number of hydrogen-bond acceptors (Lipinski definition) is 5. The van der Waals surface area contributed by atoms with Crippen LogP contribution in [0.4, 0.5) is 5.69 Å². The van der Waals surface area contributed by atoms with E-state index in [0.29, 0.717) is 27.9 Å². The second kappa shape index (κ2) is 14.3. The van der Waals surface area contributed by atoms with Gasteiger partial charge in [-0.25, -0.2) is 0 Å². The van der Waals surface area contributed by atoms with Crippen molar-refractivity contribution in [2.24, 2.45) is 0 Å². The van der Waals surface area contributed by atoms with Gasteiger partial charge in [-0.3, -0.25) is 19.3 Å². The smallest absolute Gasteiger partial charge is 0.303 e. The van der Waals surface area contributed by atoms with Crippen LogP contribution in [0.25, 0.3) is 5.57 Å². The summed E-state index contributed by atoms with van der Waals surface area (Å²) < 4.78 is 1.40. The summed E-state index contributed by atoms with van der Waals surface area (Å²) in [5.41, 5.74) is 2.14. The van der Waals surface area contributed by atoms with Crippen LogP contribution >= 0.6 is 39.9 Å². The highest BCUT2D eigenvalue weighted by atomic mass is 79.9. The lowest BCUT2D eigenvalue weighted by Gasteiger charge is -2.17. The zero-order valence-electron chi connectivity index (χ0n) is 20.9. The third-order valence-corrected chi connectivity index (χ3v) is 8.50. The van der Waals surface area contributed by atoms with Gasteiger partial charge in [-0.2, -0.15) is 0 Å². The van der Waals surface area contributed by atoms with Gasteiger partial charge < -0.3 is 10.0 Å². The molecule has 1 N–H and O–H groups in total. The molecule has 2 aliphatic heterocycles. The molecule has 0 radical (unpaired) electrons. The van der Waals surface area contributed by atoms with Gasteiger partial charge >= 0.3 is 5.97 Å². The van der Waals surface area contributed by atoms with Gasteiger partial charge in [-0.15, -0.1) is 0 Å². The molecule has 1 saturated heterocycles. The predicted molar refractivity (Wildman–Crippen MR) is 154 cm³/mol. The SMILES string of the molecule is CCCCCN1C(=O)/C(=C2\SC(=S)N(CCCCCCCCCCC(=O)O)C2=O)c2cc(Br)ccc21. The van der Waals surface area contributed by atoms with Crippen LogP contribution in [0, 0.1) is 0 Å². The van der Waals surface area contributed by atoms with E-state index in [4.69, 9.17) is 17.3 Å². The number of thiocarbonyl (C=S) groups is 1. The van der Waals surface area contributed by atoms with Gasteiger partial charge in [-0.05, 0) is 37.5 Å². The number of nitrogens with zero attached hydrogens (tertiary/aromatic N) is 2. The topological polar surface area (TPSA) is 77.9 Å². The molecule has 0 saturated carbocycles. The minimum absolute atomic E-state index is 0.108. The van der Waals surface area contributed by atoms with Crippen molar-refractivity contribution in [2.75, 3.05) is 18.0 Å². The Bertz CT molecular complexity index is 1030. The van der Waals surface area contributed by atoms with Crippen LogP contribution in [-0.4, -0.2) is 45.2 Å². The second-order valence-electron chi connectivity index (χ2n) is 9.33. The Balaban J connectivity index is 1.57. The molecule has 3 rings (SSSR count). The summed E-state index contributed by atoms with van der Waals surface area (Å²) in [6.45, 7) is 3.35. The summed E-state index contributed by atoms with van der Waals surface area (Å²) in [5, 5.41) is 8.68. The number of rotatable bonds is 15. The lowest BCUT2D eigenvalue weighted by atomic mass is 10.1. The van der Waals surface area contributed by atoms with Crippen LogP contribution in [0.5, 0.6) is 0 Å². The first-order valence-corrected chi connectivity index (χ1v) is 15.0. The van der Waals surface area contributed by atoms with Crippen molar-refractivity contribution < 1.29 is 19.5 Å². The number of fused-ring (bicyclic) bond motifs is 1. The Hall–Kier alpha value is -1.71. The molecule has 0 aromatic heterocycles. The molecular formula is C27H35BrN2O4S2. The third-order valence-electron chi connectivity index (χ3n) is 6.56. The second-order valence-corrected chi connectivity index (χ2v) is 11.9. The number of unbranched alkanes of at least 4 members (excludes halogenated alkanes) is 9. The van der Waals surface area contributed by atoms with Crippen molar-refractivity contribution >= 4 is 73.3 Å². The van der Waals surface area contributed by atoms with Gasteiger partial charge in [-0.1, -0.05) is 98.2 Å². The number of anilines is 1. The Morgan fingerprint density at radius 1 is 0.917 bits per heavy atom. The molecule has 1 aromatic rings. The highest BCUT2D eigenvalue weighted by molar-refractivity contribution is 9.10. The van der Waals surface area contributed by atoms with Crippen molar-refractivity contribution in [3.05, 3.63) is 33.1 Å². The maximum Gasteiger partial charge on any atom is 0.303 e. The van der Waals surface area contributed by atoms with Gasteiger partial charge in [0, 0.05) is 29.5 Å². The summed E-state index contributed by atoms with van der Waals surface area (Å²) in [4.78, 5) is 41.3. The number of carboxylic acids is 1. The number of benzene rings is 1. The summed E-state index contributed by atoms with van der Waals surface area (Å²) in [6, 6.07) is 5.81. The number of carboxylic acid groups (broad SMARTS) is 1. The van der Waals surface area contributed by atoms with Crippen LogP contribution in [0.3, 0.4) is 0 Å². The Kier molecular flexibility index (Phi) is 11.5. The number of amides is 2. The van der Waals surface area contributed by atoms with Crippen molar-refractivity contribution in [2.45, 2.75) is 84.0 Å². The van der Waals surface area contributed by atoms with E-state index in [1.807, 2.05) is 18.2 Å². The van der Waals surface area contributed by atoms with Crippen LogP contribution in [0.15, 0.2) is 27.6 Å². The molecule has 0 atom stereocenters. The minimum Gasteiger partial charge on any atom is -0.481 e. The average molecular weight is 596 g/mol. The van der Waals surface area contributed by atoms with Crippen molar-refractivity contribution in [1.29, 1.82) is 0 Å². The molecule has 1 aromatic carbocycles. The van der Waals surface area contributed by atoms with Gasteiger partial charge in [0.05, 0.1) is 16.2 Å². The van der Waals surface area contributed by atoms with E-state index in [1.165, 1.54) is 11.8 Å². The van der Waals surface area contributed by atoms with Crippen molar-refractivity contribution in [3.8, 4) is 0 Å². The van der Waals surface area contributed by atoms with Gasteiger partial charge in [0.25, 0.3) is 11.8 Å². The van der Waals surface area contributed by atoms with Gasteiger partial charge in [0.15, 0.2) is 0 Å². The first kappa shape index (κ1) is 28.9. The first-order valence-electron chi connectivity index (χ1n) is 13.0. The number of carbonyl (C=O) groups is 3. The maximum absolute atomic E-state index is 13.5. The molecule has 36 heavy (non-hydrogen) atoms. The van der Waals surface area contributed by atoms with E-state index in [0.717, 1.165) is 86.4 Å². The van der Waals surface area contributed by atoms with Crippen molar-refractivity contribution in [1.82, 2.24) is 4.90 Å². The van der Waals surface area contributed by atoms with Crippen molar-refractivity contribution in [3.63, 3.8) is 0 Å². The third kappa shape index (κ3) is 7.42. The van der Waals surface area contributed by atoms with E-state index in [2.05, 4.69) is 22.9 Å². The molecule has 1 fully saturated rings. The minimum atomic E-state index is -0.722. The molecule has 0 spiro atoms. The molecular weight excluding hydrogens is 560 g/mol. The zero-order chi connectivity index (χ0) is 26.1. The highest BCUT2D eigenvalue weighted by Gasteiger charge is 2.41. The fourth-order valence-corrected chi connectivity index (χ4v) is 6.36. The molecule has 0 aliphatic carbocycles. The number of thioether (sulfide) groups is 1. The fraction of sp³-hybridized carbons (Fsp3) is 0.556. The number of hydrogen-bond donors (Lipinski definition) is 1. The molecule has 2 aliphatic rings. The van der Waals surface area contributed by atoms with Crippen LogP contribution < -0.4 is 4.90 Å². The monoisotopic (exact) mass is 594 g/mol. The van der Waals surface area contributed by atoms with Crippen LogP contribution in [-0.2, 0) is 14.4 Å². The molecule has 0 unspecified atom stereocenters. The maximum atomic E-state index is 13.5.